The summed E-state index contributed by atoms with van der Waals surface area (Å²) in [6.07, 6.45) is 0.946. The number of ketones is 3. The highest BCUT2D eigenvalue weighted by Crippen LogP contribution is 2.12. The van der Waals surface area contributed by atoms with Crippen LogP contribution in [0.15, 0.2) is 54.6 Å². The molecule has 0 aliphatic rings. The summed E-state index contributed by atoms with van der Waals surface area (Å²) >= 11 is 0. The van der Waals surface area contributed by atoms with Crippen molar-refractivity contribution in [3.05, 3.63) is 71.3 Å². The molecule has 2 aromatic carbocycles. The summed E-state index contributed by atoms with van der Waals surface area (Å²) in [4.78, 5) is 34.6. The molecule has 0 atom stereocenters. The van der Waals surface area contributed by atoms with E-state index in [1.54, 1.807) is 24.3 Å². The lowest BCUT2D eigenvalue weighted by atomic mass is 10.00. The first kappa shape index (κ1) is 15.8. The second-order valence-corrected chi connectivity index (χ2v) is 5.31. The van der Waals surface area contributed by atoms with Crippen molar-refractivity contribution >= 4 is 17.3 Å². The fourth-order valence-electron chi connectivity index (χ4n) is 2.23. The Labute approximate surface area is 130 Å². The number of aryl methyl sites for hydroxylation is 1. The number of benzene rings is 2. The molecule has 22 heavy (non-hydrogen) atoms. The summed E-state index contributed by atoms with van der Waals surface area (Å²) < 4.78 is 0. The molecule has 0 aliphatic heterocycles. The van der Waals surface area contributed by atoms with Gasteiger partial charge in [0.05, 0.1) is 6.42 Å². The van der Waals surface area contributed by atoms with Crippen molar-refractivity contribution < 1.29 is 14.4 Å². The monoisotopic (exact) mass is 294 g/mol. The Morgan fingerprint density at radius 3 is 2.00 bits per heavy atom. The largest absolute Gasteiger partial charge is 0.300 e. The fourth-order valence-corrected chi connectivity index (χ4v) is 2.23. The molecule has 2 rings (SSSR count). The van der Waals surface area contributed by atoms with Gasteiger partial charge in [-0.2, -0.15) is 0 Å². The van der Waals surface area contributed by atoms with E-state index < -0.39 is 0 Å². The van der Waals surface area contributed by atoms with E-state index in [9.17, 15) is 14.4 Å². The second kappa shape index (κ2) is 7.46. The molecule has 112 valence electrons. The van der Waals surface area contributed by atoms with Crippen LogP contribution in [-0.2, 0) is 16.0 Å². The number of carbonyl (C=O) groups is 3. The Bertz CT molecular complexity index is 670. The molecule has 0 spiro atoms. The predicted octanol–water partition coefficient (Wildman–Crippen LogP) is 3.40. The molecule has 0 saturated carbocycles. The molecule has 0 aromatic heterocycles. The highest BCUT2D eigenvalue weighted by molar-refractivity contribution is 6.08. The third kappa shape index (κ3) is 4.48. The number of rotatable bonds is 7. The summed E-state index contributed by atoms with van der Waals surface area (Å²) in [5, 5.41) is 0. The van der Waals surface area contributed by atoms with E-state index in [1.165, 1.54) is 6.92 Å². The predicted molar refractivity (Wildman–Crippen MR) is 84.9 cm³/mol. The van der Waals surface area contributed by atoms with Crippen molar-refractivity contribution in [2.24, 2.45) is 0 Å². The summed E-state index contributed by atoms with van der Waals surface area (Å²) in [6.45, 7) is 1.42. The summed E-state index contributed by atoms with van der Waals surface area (Å²) in [6, 6.07) is 16.4. The van der Waals surface area contributed by atoms with Crippen LogP contribution >= 0.6 is 0 Å². The van der Waals surface area contributed by atoms with Crippen molar-refractivity contribution in [3.63, 3.8) is 0 Å². The van der Waals surface area contributed by atoms with Crippen LogP contribution in [0.2, 0.25) is 0 Å². The zero-order chi connectivity index (χ0) is 15.9. The molecule has 0 saturated heterocycles. The lowest BCUT2D eigenvalue weighted by Crippen LogP contribution is -2.05. The number of hydrogen-bond acceptors (Lipinski definition) is 3. The molecular weight excluding hydrogens is 276 g/mol. The van der Waals surface area contributed by atoms with E-state index in [1.807, 2.05) is 30.3 Å². The zero-order valence-electron chi connectivity index (χ0n) is 12.5. The van der Waals surface area contributed by atoms with Crippen LogP contribution in [0.4, 0.5) is 0 Å². The number of hydrogen-bond donors (Lipinski definition) is 0. The van der Waals surface area contributed by atoms with Crippen LogP contribution in [-0.4, -0.2) is 17.3 Å². The molecule has 2 aromatic rings. The maximum atomic E-state index is 12.3. The van der Waals surface area contributed by atoms with E-state index in [4.69, 9.17) is 0 Å². The average Bonchev–Trinajstić information content (AvgIpc) is 2.53. The standard InChI is InChI=1S/C19H18O3/c1-14(20)13-18(21)12-9-15-7-10-17(11-8-15)19(22)16-5-3-2-4-6-16/h2-8,10-11H,9,12-13H2,1H3. The van der Waals surface area contributed by atoms with Crippen LogP contribution in [0.25, 0.3) is 0 Å². The van der Waals surface area contributed by atoms with Crippen molar-refractivity contribution in [1.82, 2.24) is 0 Å². The van der Waals surface area contributed by atoms with Gasteiger partial charge in [0.1, 0.15) is 11.6 Å². The number of carbonyl (C=O) groups excluding carboxylic acids is 3. The Balaban J connectivity index is 1.97. The van der Waals surface area contributed by atoms with Gasteiger partial charge in [0.25, 0.3) is 0 Å². The van der Waals surface area contributed by atoms with Crippen LogP contribution in [0.5, 0.6) is 0 Å². The minimum atomic E-state index is -0.103. The van der Waals surface area contributed by atoms with E-state index in [0.29, 0.717) is 24.0 Å². The molecule has 3 nitrogen and oxygen atoms in total. The quantitative estimate of drug-likeness (QED) is 0.581. The molecule has 0 aliphatic carbocycles. The van der Waals surface area contributed by atoms with Crippen LogP contribution < -0.4 is 0 Å². The first-order valence-electron chi connectivity index (χ1n) is 7.26. The molecule has 0 bridgehead atoms. The lowest BCUT2D eigenvalue weighted by molar-refractivity contribution is -0.125. The number of Topliss-reactive ketones (excluding diaryl/α,β-unsaturated/α-hetero) is 2. The normalized spacial score (nSPS) is 10.2. The summed E-state index contributed by atoms with van der Waals surface area (Å²) in [5.74, 6) is -0.162. The Hall–Kier alpha value is -2.55. The Kier molecular flexibility index (Phi) is 5.37. The van der Waals surface area contributed by atoms with Crippen molar-refractivity contribution in [2.75, 3.05) is 0 Å². The van der Waals surface area contributed by atoms with Gasteiger partial charge in [-0.15, -0.1) is 0 Å². The zero-order valence-corrected chi connectivity index (χ0v) is 12.5. The highest BCUT2D eigenvalue weighted by Gasteiger charge is 2.09. The van der Waals surface area contributed by atoms with Crippen LogP contribution in [0, 0.1) is 0 Å². The van der Waals surface area contributed by atoms with Gasteiger partial charge in [-0.3, -0.25) is 14.4 Å². The SMILES string of the molecule is CC(=O)CC(=O)CCc1ccc(C(=O)c2ccccc2)cc1. The lowest BCUT2D eigenvalue weighted by Gasteiger charge is -2.04. The van der Waals surface area contributed by atoms with Gasteiger partial charge in [-0.05, 0) is 18.9 Å². The minimum Gasteiger partial charge on any atom is -0.300 e. The molecular formula is C19H18O3. The smallest absolute Gasteiger partial charge is 0.193 e. The van der Waals surface area contributed by atoms with E-state index in [-0.39, 0.29) is 23.8 Å². The molecule has 0 fully saturated rings. The summed E-state index contributed by atoms with van der Waals surface area (Å²) in [7, 11) is 0. The average molecular weight is 294 g/mol. The van der Waals surface area contributed by atoms with Crippen molar-refractivity contribution in [3.8, 4) is 0 Å². The maximum absolute atomic E-state index is 12.3. The van der Waals surface area contributed by atoms with Gasteiger partial charge < -0.3 is 0 Å². The molecule has 3 heteroatoms. The van der Waals surface area contributed by atoms with Crippen LogP contribution in [0.1, 0.15) is 41.3 Å². The third-order valence-corrected chi connectivity index (χ3v) is 3.39. The Morgan fingerprint density at radius 1 is 0.818 bits per heavy atom. The van der Waals surface area contributed by atoms with Gasteiger partial charge in [0.15, 0.2) is 5.78 Å². The topological polar surface area (TPSA) is 51.2 Å². The maximum Gasteiger partial charge on any atom is 0.193 e. The van der Waals surface area contributed by atoms with E-state index in [2.05, 4.69) is 0 Å². The van der Waals surface area contributed by atoms with E-state index >= 15 is 0 Å². The summed E-state index contributed by atoms with van der Waals surface area (Å²) in [5.41, 5.74) is 2.28. The van der Waals surface area contributed by atoms with Gasteiger partial charge in [0.2, 0.25) is 0 Å². The van der Waals surface area contributed by atoms with Crippen LogP contribution in [0.3, 0.4) is 0 Å². The van der Waals surface area contributed by atoms with E-state index in [0.717, 1.165) is 5.56 Å². The van der Waals surface area contributed by atoms with Gasteiger partial charge >= 0.3 is 0 Å². The van der Waals surface area contributed by atoms with Crippen molar-refractivity contribution in [2.45, 2.75) is 26.2 Å². The molecule has 0 radical (unpaired) electrons. The third-order valence-electron chi connectivity index (χ3n) is 3.39. The Morgan fingerprint density at radius 2 is 1.41 bits per heavy atom. The van der Waals surface area contributed by atoms with Gasteiger partial charge in [-0.1, -0.05) is 54.6 Å². The molecule has 0 N–H and O–H groups in total. The molecule has 0 heterocycles. The first-order chi connectivity index (χ1) is 10.6. The van der Waals surface area contributed by atoms with Crippen molar-refractivity contribution in [1.29, 1.82) is 0 Å². The van der Waals surface area contributed by atoms with Gasteiger partial charge in [-0.25, -0.2) is 0 Å². The molecule has 0 unspecified atom stereocenters. The molecule has 0 amide bonds. The fraction of sp³-hybridized carbons (Fsp3) is 0.211. The van der Waals surface area contributed by atoms with Gasteiger partial charge in [0, 0.05) is 17.5 Å². The first-order valence-corrected chi connectivity index (χ1v) is 7.26. The highest BCUT2D eigenvalue weighted by atomic mass is 16.1. The minimum absolute atomic E-state index is 0.00454. The second-order valence-electron chi connectivity index (χ2n) is 5.31.